The maximum Gasteiger partial charge on any atom is 0.252 e. The van der Waals surface area contributed by atoms with E-state index in [1.54, 1.807) is 6.20 Å². The number of nitrogens with one attached hydrogen (secondary N) is 2. The highest BCUT2D eigenvalue weighted by atomic mass is 35.5. The van der Waals surface area contributed by atoms with Crippen LogP contribution >= 0.6 is 11.6 Å². The average molecular weight is 548 g/mol. The highest BCUT2D eigenvalue weighted by molar-refractivity contribution is 6.33. The van der Waals surface area contributed by atoms with E-state index in [0.29, 0.717) is 54.0 Å². The Kier molecular flexibility index (Phi) is 7.78. The molecule has 1 saturated carbocycles. The van der Waals surface area contributed by atoms with Crippen LogP contribution in [0.15, 0.2) is 47.5 Å². The van der Waals surface area contributed by atoms with Crippen molar-refractivity contribution in [1.82, 2.24) is 20.2 Å². The maximum absolute atomic E-state index is 13.1. The Balaban J connectivity index is 1.09. The number of anilines is 1. The lowest BCUT2D eigenvalue weighted by atomic mass is 9.88. The van der Waals surface area contributed by atoms with Crippen LogP contribution in [0.2, 0.25) is 5.02 Å². The standard InChI is InChI=1S/C26H28ClF2N5O4/c27-24-21-4-6-34(12-17(21)1-2-22(24)37-14-20-11-30-15-38-20)13-19(35)10-32-25(36)16-3-5-31-23(7-16)33-18-8-26(28,29)9-18/h1-3,5,7,11,15,18-19,35H,4,6,8-10,12-14H2,(H,31,33)(H,32,36). The number of ether oxygens (including phenoxy) is 1. The third-order valence-corrected chi connectivity index (χ3v) is 7.08. The lowest BCUT2D eigenvalue weighted by Gasteiger charge is -2.35. The van der Waals surface area contributed by atoms with Crippen molar-refractivity contribution < 1.29 is 27.8 Å². The third kappa shape index (κ3) is 6.40. The van der Waals surface area contributed by atoms with Crippen LogP contribution in [0.4, 0.5) is 14.6 Å². The van der Waals surface area contributed by atoms with E-state index in [4.69, 9.17) is 20.8 Å². The van der Waals surface area contributed by atoms with Crippen molar-refractivity contribution in [2.24, 2.45) is 0 Å². The Morgan fingerprint density at radius 1 is 1.34 bits per heavy atom. The molecule has 3 heterocycles. The summed E-state index contributed by atoms with van der Waals surface area (Å²) in [6.45, 7) is 1.99. The predicted molar refractivity (Wildman–Crippen MR) is 135 cm³/mol. The molecule has 38 heavy (non-hydrogen) atoms. The maximum atomic E-state index is 13.1. The number of carbonyl (C=O) groups excluding carboxylic acids is 1. The molecule has 0 bridgehead atoms. The number of amides is 1. The molecule has 3 N–H and O–H groups in total. The summed E-state index contributed by atoms with van der Waals surface area (Å²) >= 11 is 6.60. The van der Waals surface area contributed by atoms with Crippen LogP contribution in [0.3, 0.4) is 0 Å². The molecule has 3 aromatic rings. The van der Waals surface area contributed by atoms with Crippen LogP contribution in [0.25, 0.3) is 0 Å². The summed E-state index contributed by atoms with van der Waals surface area (Å²) < 4.78 is 37.1. The van der Waals surface area contributed by atoms with Gasteiger partial charge < -0.3 is 24.9 Å². The van der Waals surface area contributed by atoms with Crippen molar-refractivity contribution in [3.05, 3.63) is 70.5 Å². The van der Waals surface area contributed by atoms with E-state index in [2.05, 4.69) is 25.5 Å². The van der Waals surface area contributed by atoms with Gasteiger partial charge in [0.05, 0.1) is 17.3 Å². The molecule has 1 unspecified atom stereocenters. The minimum Gasteiger partial charge on any atom is -0.484 e. The van der Waals surface area contributed by atoms with Crippen LogP contribution in [-0.4, -0.2) is 63.6 Å². The van der Waals surface area contributed by atoms with Crippen molar-refractivity contribution >= 4 is 23.3 Å². The van der Waals surface area contributed by atoms with E-state index in [9.17, 15) is 18.7 Å². The Morgan fingerprint density at radius 2 is 2.18 bits per heavy atom. The lowest BCUT2D eigenvalue weighted by Crippen LogP contribution is -2.44. The summed E-state index contributed by atoms with van der Waals surface area (Å²) in [5, 5.41) is 16.8. The van der Waals surface area contributed by atoms with Crippen molar-refractivity contribution in [2.45, 2.75) is 50.5 Å². The van der Waals surface area contributed by atoms with E-state index in [0.717, 1.165) is 11.1 Å². The molecule has 0 spiro atoms. The van der Waals surface area contributed by atoms with Gasteiger partial charge in [-0.3, -0.25) is 9.69 Å². The van der Waals surface area contributed by atoms with Gasteiger partial charge in [0.15, 0.2) is 12.2 Å². The number of aromatic nitrogens is 2. The topological polar surface area (TPSA) is 113 Å². The first-order valence-corrected chi connectivity index (χ1v) is 12.7. The van der Waals surface area contributed by atoms with Crippen molar-refractivity contribution in [3.63, 3.8) is 0 Å². The summed E-state index contributed by atoms with van der Waals surface area (Å²) in [5.41, 5.74) is 2.42. The monoisotopic (exact) mass is 547 g/mol. The Morgan fingerprint density at radius 3 is 2.95 bits per heavy atom. The van der Waals surface area contributed by atoms with Crippen molar-refractivity contribution in [2.75, 3.05) is 25.0 Å². The number of hydrogen-bond donors (Lipinski definition) is 3. The molecule has 202 valence electrons. The summed E-state index contributed by atoms with van der Waals surface area (Å²) in [5.74, 6) is -1.45. The highest BCUT2D eigenvalue weighted by Crippen LogP contribution is 2.39. The number of rotatable bonds is 10. The molecule has 2 aromatic heterocycles. The second-order valence-corrected chi connectivity index (χ2v) is 10.0. The molecule has 9 nitrogen and oxygen atoms in total. The molecule has 1 aliphatic heterocycles. The van der Waals surface area contributed by atoms with Gasteiger partial charge >= 0.3 is 0 Å². The minimum absolute atomic E-state index is 0.0668. The highest BCUT2D eigenvalue weighted by Gasteiger charge is 2.45. The molecule has 1 aliphatic carbocycles. The number of aliphatic hydroxyl groups excluding tert-OH is 1. The molecule has 2 aliphatic rings. The zero-order valence-electron chi connectivity index (χ0n) is 20.5. The van der Waals surface area contributed by atoms with E-state index < -0.39 is 12.0 Å². The Hall–Kier alpha value is -3.28. The second kappa shape index (κ2) is 11.2. The zero-order chi connectivity index (χ0) is 26.7. The fourth-order valence-electron chi connectivity index (χ4n) is 4.68. The molecule has 5 rings (SSSR count). The summed E-state index contributed by atoms with van der Waals surface area (Å²) in [6, 6.07) is 6.49. The van der Waals surface area contributed by atoms with Crippen LogP contribution in [0.5, 0.6) is 5.75 Å². The molecule has 1 amide bonds. The molecule has 1 aromatic carbocycles. The second-order valence-electron chi connectivity index (χ2n) is 9.66. The number of nitrogens with zero attached hydrogens (tertiary/aromatic N) is 3. The molecular weight excluding hydrogens is 520 g/mol. The number of hydrogen-bond acceptors (Lipinski definition) is 8. The van der Waals surface area contributed by atoms with Crippen molar-refractivity contribution in [1.29, 1.82) is 0 Å². The van der Waals surface area contributed by atoms with Gasteiger partial charge in [-0.25, -0.2) is 18.7 Å². The molecule has 0 radical (unpaired) electrons. The zero-order valence-corrected chi connectivity index (χ0v) is 21.3. The number of carbonyl (C=O) groups is 1. The number of β-amino-alcohol motifs (C(OH)–C–C–N with tert-alkyl or cyclic N) is 1. The van der Waals surface area contributed by atoms with Gasteiger partial charge in [-0.2, -0.15) is 0 Å². The minimum atomic E-state index is -2.64. The summed E-state index contributed by atoms with van der Waals surface area (Å²) in [4.78, 5) is 22.6. The quantitative estimate of drug-likeness (QED) is 0.352. The largest absolute Gasteiger partial charge is 0.484 e. The van der Waals surface area contributed by atoms with E-state index in [1.807, 2.05) is 12.1 Å². The average Bonchev–Trinajstić information content (AvgIpc) is 3.40. The van der Waals surface area contributed by atoms with Crippen molar-refractivity contribution in [3.8, 4) is 5.75 Å². The fraction of sp³-hybridized carbons (Fsp3) is 0.423. The van der Waals surface area contributed by atoms with Gasteiger partial charge in [0.25, 0.3) is 11.8 Å². The first kappa shape index (κ1) is 26.3. The van der Waals surface area contributed by atoms with E-state index in [1.165, 1.54) is 24.7 Å². The molecule has 1 fully saturated rings. The van der Waals surface area contributed by atoms with E-state index in [-0.39, 0.29) is 37.9 Å². The number of aliphatic hydroxyl groups is 1. The lowest BCUT2D eigenvalue weighted by molar-refractivity contribution is -0.0794. The number of halogens is 3. The SMILES string of the molecule is O=C(NCC(O)CN1CCc2c(ccc(OCc3cnco3)c2Cl)C1)c1ccnc(NC2CC(F)(F)C2)c1. The number of benzene rings is 1. The normalized spacial score (nSPS) is 17.8. The first-order valence-electron chi connectivity index (χ1n) is 12.4. The first-order chi connectivity index (χ1) is 18.3. The summed E-state index contributed by atoms with van der Waals surface area (Å²) in [6.07, 6.45) is 3.81. The van der Waals surface area contributed by atoms with Gasteiger partial charge in [-0.05, 0) is 35.7 Å². The smallest absolute Gasteiger partial charge is 0.252 e. The Bertz CT molecular complexity index is 1270. The Labute approximate surface area is 223 Å². The number of fused-ring (bicyclic) bond motifs is 1. The molecule has 12 heteroatoms. The van der Waals surface area contributed by atoms with Crippen LogP contribution in [0.1, 0.15) is 40.1 Å². The van der Waals surface area contributed by atoms with Gasteiger partial charge in [0, 0.05) is 56.8 Å². The summed E-state index contributed by atoms with van der Waals surface area (Å²) in [7, 11) is 0. The fourth-order valence-corrected chi connectivity index (χ4v) is 5.01. The van der Waals surface area contributed by atoms with E-state index >= 15 is 0 Å². The third-order valence-electron chi connectivity index (χ3n) is 6.66. The van der Waals surface area contributed by atoms with Gasteiger partial charge in [-0.1, -0.05) is 17.7 Å². The number of alkyl halides is 2. The number of oxazole rings is 1. The molecule has 0 saturated heterocycles. The van der Waals surface area contributed by atoms with Crippen LogP contribution < -0.4 is 15.4 Å². The molecule has 1 atom stereocenters. The molecular formula is C26H28ClF2N5O4. The van der Waals surface area contributed by atoms with Gasteiger partial charge in [0.1, 0.15) is 18.2 Å². The van der Waals surface area contributed by atoms with Gasteiger partial charge in [0.2, 0.25) is 0 Å². The predicted octanol–water partition coefficient (Wildman–Crippen LogP) is 3.66. The van der Waals surface area contributed by atoms with Crippen LogP contribution in [-0.2, 0) is 19.6 Å². The van der Waals surface area contributed by atoms with Crippen LogP contribution in [0, 0.1) is 0 Å². The number of pyridine rings is 1. The van der Waals surface area contributed by atoms with Gasteiger partial charge in [-0.15, -0.1) is 0 Å².